The number of nitrogens with one attached hydrogen (secondary N) is 2. The van der Waals surface area contributed by atoms with E-state index in [1.807, 2.05) is 4.72 Å². The molecule has 0 spiro atoms. The third kappa shape index (κ3) is 4.55. The van der Waals surface area contributed by atoms with E-state index in [2.05, 4.69) is 10.5 Å². The van der Waals surface area contributed by atoms with Crippen molar-refractivity contribution in [3.8, 4) is 11.1 Å². The van der Waals surface area contributed by atoms with E-state index in [1.54, 1.807) is 0 Å². The van der Waals surface area contributed by atoms with Crippen molar-refractivity contribution in [3.05, 3.63) is 47.0 Å². The summed E-state index contributed by atoms with van der Waals surface area (Å²) < 4.78 is 88.1. The van der Waals surface area contributed by atoms with Crippen LogP contribution in [0.15, 0.2) is 34.9 Å². The average Bonchev–Trinajstić information content (AvgIpc) is 3.27. The lowest BCUT2D eigenvalue weighted by molar-refractivity contribution is -0.00227. The number of halogens is 5. The average molecular weight is 521 g/mol. The fourth-order valence-electron chi connectivity index (χ4n) is 3.62. The summed E-state index contributed by atoms with van der Waals surface area (Å²) in [5.74, 6) is -6.04. The number of amides is 2. The summed E-state index contributed by atoms with van der Waals surface area (Å²) in [6, 6.07) is 2.92. The largest absolute Gasteiger partial charge is 0.354 e. The fourth-order valence-corrected chi connectivity index (χ4v) is 4.67. The molecular weight excluding hydrogens is 504 g/mol. The van der Waals surface area contributed by atoms with Crippen LogP contribution >= 0.6 is 11.6 Å². The zero-order valence-electron chi connectivity index (χ0n) is 17.4. The molecule has 8 nitrogen and oxygen atoms in total. The van der Waals surface area contributed by atoms with Crippen molar-refractivity contribution in [3.63, 3.8) is 0 Å². The highest BCUT2D eigenvalue weighted by atomic mass is 35.5. The second kappa shape index (κ2) is 8.71. The molecule has 1 fully saturated rings. The molecule has 34 heavy (non-hydrogen) atoms. The smallest absolute Gasteiger partial charge is 0.323 e. The third-order valence-electron chi connectivity index (χ3n) is 5.30. The van der Waals surface area contributed by atoms with E-state index in [9.17, 15) is 30.8 Å². The Kier molecular flexibility index (Phi) is 6.21. The van der Waals surface area contributed by atoms with Crippen LogP contribution in [-0.2, 0) is 10.0 Å². The number of sulfonamides is 1. The van der Waals surface area contributed by atoms with Crippen molar-refractivity contribution in [1.29, 1.82) is 0 Å². The summed E-state index contributed by atoms with van der Waals surface area (Å²) in [4.78, 5) is 13.4. The summed E-state index contributed by atoms with van der Waals surface area (Å²) in [7, 11) is -3.95. The van der Waals surface area contributed by atoms with Gasteiger partial charge >= 0.3 is 6.03 Å². The van der Waals surface area contributed by atoms with E-state index in [4.69, 9.17) is 16.1 Å². The Balaban J connectivity index is 1.67. The van der Waals surface area contributed by atoms with Crippen LogP contribution < -0.4 is 10.0 Å². The predicted octanol–water partition coefficient (Wildman–Crippen LogP) is 4.22. The Morgan fingerprint density at radius 3 is 2.62 bits per heavy atom. The monoisotopic (exact) mass is 520 g/mol. The van der Waals surface area contributed by atoms with Gasteiger partial charge in [0, 0.05) is 23.2 Å². The van der Waals surface area contributed by atoms with Crippen molar-refractivity contribution in [1.82, 2.24) is 14.8 Å². The van der Waals surface area contributed by atoms with Gasteiger partial charge in [-0.2, -0.15) is 0 Å². The van der Waals surface area contributed by atoms with Gasteiger partial charge in [0.2, 0.25) is 10.0 Å². The van der Waals surface area contributed by atoms with Crippen LogP contribution in [0.3, 0.4) is 0 Å². The second-order valence-corrected chi connectivity index (χ2v) is 10.1. The van der Waals surface area contributed by atoms with E-state index < -0.39 is 64.1 Å². The number of aromatic nitrogens is 1. The Labute approximate surface area is 195 Å². The molecule has 4 rings (SSSR count). The highest BCUT2D eigenvalue weighted by molar-refractivity contribution is 7.89. The van der Waals surface area contributed by atoms with Crippen molar-refractivity contribution in [2.75, 3.05) is 24.2 Å². The van der Waals surface area contributed by atoms with Gasteiger partial charge in [0.25, 0.3) is 5.92 Å². The highest BCUT2D eigenvalue weighted by Gasteiger charge is 2.51. The van der Waals surface area contributed by atoms with Crippen LogP contribution in [0, 0.1) is 11.6 Å². The van der Waals surface area contributed by atoms with Crippen LogP contribution in [0.5, 0.6) is 0 Å². The van der Waals surface area contributed by atoms with Crippen molar-refractivity contribution in [2.24, 2.45) is 0 Å². The molecule has 1 saturated heterocycles. The van der Waals surface area contributed by atoms with E-state index in [1.165, 1.54) is 25.1 Å². The molecule has 14 heteroatoms. The number of carbonyl (C=O) groups is 1. The molecule has 2 heterocycles. The molecule has 1 aliphatic heterocycles. The summed E-state index contributed by atoms with van der Waals surface area (Å²) in [5.41, 5.74) is -0.536. The summed E-state index contributed by atoms with van der Waals surface area (Å²) >= 11 is 6.04. The van der Waals surface area contributed by atoms with Gasteiger partial charge in [-0.1, -0.05) is 22.8 Å². The lowest BCUT2D eigenvalue weighted by Gasteiger charge is -2.17. The third-order valence-corrected chi connectivity index (χ3v) is 6.92. The van der Waals surface area contributed by atoms with Crippen LogP contribution in [0.2, 0.25) is 5.02 Å². The molecule has 2 N–H and O–H groups in total. The maximum atomic E-state index is 14.5. The maximum absolute atomic E-state index is 14.5. The molecule has 3 aromatic rings. The minimum absolute atomic E-state index is 0.00376. The van der Waals surface area contributed by atoms with Crippen molar-refractivity contribution < 1.29 is 35.3 Å². The summed E-state index contributed by atoms with van der Waals surface area (Å²) in [6.07, 6.45) is 0. The number of hydrogen-bond acceptors (Lipinski definition) is 5. The fraction of sp³-hybridized carbons (Fsp3) is 0.300. The van der Waals surface area contributed by atoms with Crippen molar-refractivity contribution >= 4 is 44.4 Å². The van der Waals surface area contributed by atoms with Gasteiger partial charge in [0.05, 0.1) is 23.2 Å². The Hall–Kier alpha value is -2.90. The van der Waals surface area contributed by atoms with Gasteiger partial charge in [0.15, 0.2) is 11.4 Å². The predicted molar refractivity (Wildman–Crippen MR) is 116 cm³/mol. The Bertz CT molecular complexity index is 1360. The molecule has 0 saturated carbocycles. The van der Waals surface area contributed by atoms with E-state index in [-0.39, 0.29) is 27.4 Å². The van der Waals surface area contributed by atoms with E-state index >= 15 is 0 Å². The number of urea groups is 1. The molecule has 0 aliphatic carbocycles. The molecule has 1 aromatic heterocycles. The van der Waals surface area contributed by atoms with Crippen molar-refractivity contribution in [2.45, 2.75) is 18.9 Å². The molecular formula is C20H17ClF4N4O4S. The topological polar surface area (TPSA) is 105 Å². The number of likely N-dealkylation sites (tertiary alicyclic amines) is 1. The lowest BCUT2D eigenvalue weighted by atomic mass is 10.0. The minimum Gasteiger partial charge on any atom is -0.354 e. The number of carbonyl (C=O) groups excluding carboxylic acids is 1. The number of benzene rings is 2. The highest BCUT2D eigenvalue weighted by Crippen LogP contribution is 2.39. The molecule has 1 atom stereocenters. The number of rotatable bonds is 5. The zero-order valence-corrected chi connectivity index (χ0v) is 19.0. The van der Waals surface area contributed by atoms with E-state index in [0.29, 0.717) is 4.90 Å². The van der Waals surface area contributed by atoms with E-state index in [0.717, 1.165) is 12.1 Å². The standard InChI is InChI=1S/C20H17ClF4N4O4S/c1-2-34(31,32)28-15-8-29(9-20(15,24)25)19(30)26-18-17-11(6-10(21)7-14(17)33-27-18)16-12(22)4-3-5-13(16)23/h3-7,15,28H,2,8-9H2,1H3,(H,26,27,30)/t15-/m1/s1. The molecule has 0 bridgehead atoms. The summed E-state index contributed by atoms with van der Waals surface area (Å²) in [5, 5.41) is 6.05. The number of nitrogens with zero attached hydrogens (tertiary/aromatic N) is 2. The zero-order chi connectivity index (χ0) is 24.8. The first-order valence-electron chi connectivity index (χ1n) is 9.89. The Morgan fingerprint density at radius 2 is 1.97 bits per heavy atom. The van der Waals surface area contributed by atoms with Crippen LogP contribution in [0.4, 0.5) is 28.2 Å². The first kappa shape index (κ1) is 24.2. The molecule has 1 aliphatic rings. The van der Waals surface area contributed by atoms with Gasteiger partial charge in [-0.05, 0) is 25.1 Å². The number of hydrogen-bond donors (Lipinski definition) is 2. The van der Waals surface area contributed by atoms with Gasteiger partial charge in [-0.15, -0.1) is 0 Å². The molecule has 0 unspecified atom stereocenters. The van der Waals surface area contributed by atoms with Crippen LogP contribution in [0.1, 0.15) is 6.92 Å². The normalized spacial score (nSPS) is 17.9. The van der Waals surface area contributed by atoms with Gasteiger partial charge in [0.1, 0.15) is 17.7 Å². The maximum Gasteiger partial charge on any atom is 0.323 e. The molecule has 182 valence electrons. The Morgan fingerprint density at radius 1 is 1.29 bits per heavy atom. The molecule has 0 radical (unpaired) electrons. The van der Waals surface area contributed by atoms with Gasteiger partial charge in [-0.3, -0.25) is 5.32 Å². The first-order valence-corrected chi connectivity index (χ1v) is 11.9. The number of fused-ring (bicyclic) bond motifs is 1. The first-order chi connectivity index (χ1) is 15.9. The number of anilines is 1. The van der Waals surface area contributed by atoms with Gasteiger partial charge < -0.3 is 9.42 Å². The SMILES string of the molecule is CCS(=O)(=O)N[C@@H]1CN(C(=O)Nc2noc3cc(Cl)cc(-c4c(F)cccc4F)c23)CC1(F)F. The lowest BCUT2D eigenvalue weighted by Crippen LogP contribution is -2.47. The molecule has 2 amide bonds. The van der Waals surface area contributed by atoms with Gasteiger partial charge in [-0.25, -0.2) is 35.5 Å². The molecule has 2 aromatic carbocycles. The minimum atomic E-state index is -3.95. The number of alkyl halides is 2. The second-order valence-electron chi connectivity index (χ2n) is 7.60. The van der Waals surface area contributed by atoms with Crippen LogP contribution in [0.25, 0.3) is 22.1 Å². The van der Waals surface area contributed by atoms with Crippen LogP contribution in [-0.4, -0.2) is 55.3 Å². The quantitative estimate of drug-likeness (QED) is 0.490. The summed E-state index contributed by atoms with van der Waals surface area (Å²) in [6.45, 7) is -0.390.